The van der Waals surface area contributed by atoms with Crippen molar-refractivity contribution in [2.24, 2.45) is 0 Å². The van der Waals surface area contributed by atoms with Gasteiger partial charge in [-0.05, 0) is 65.3 Å². The van der Waals surface area contributed by atoms with Crippen molar-refractivity contribution in [1.29, 1.82) is 5.41 Å². The standard InChI is InChI=1S/C33H32N2O2/c34-30-18-16-26(24-12-6-2-7-13-24)20-28(30)32(35)33(36)29-21-27(25-14-8-3-9-15-25)17-19-31(29)37-22-23-10-4-1-5-11-23/h1-2,4-7,10-13,16-21,25,35H,3,8-9,14-15,22,34H2. The molecular formula is C33H32N2O2. The molecule has 1 aliphatic rings. The van der Waals surface area contributed by atoms with Crippen molar-refractivity contribution in [3.05, 3.63) is 119 Å². The zero-order valence-electron chi connectivity index (χ0n) is 21.0. The third kappa shape index (κ3) is 5.64. The van der Waals surface area contributed by atoms with Gasteiger partial charge in [0.1, 0.15) is 18.1 Å². The van der Waals surface area contributed by atoms with Gasteiger partial charge in [-0.15, -0.1) is 0 Å². The Kier molecular flexibility index (Phi) is 7.46. The van der Waals surface area contributed by atoms with Crippen molar-refractivity contribution >= 4 is 17.2 Å². The van der Waals surface area contributed by atoms with Crippen molar-refractivity contribution in [3.8, 4) is 16.9 Å². The van der Waals surface area contributed by atoms with Crippen LogP contribution < -0.4 is 10.5 Å². The quantitative estimate of drug-likeness (QED) is 0.151. The van der Waals surface area contributed by atoms with Crippen molar-refractivity contribution < 1.29 is 9.53 Å². The zero-order valence-corrected chi connectivity index (χ0v) is 21.0. The number of carbonyl (C=O) groups excluding carboxylic acids is 1. The number of anilines is 1. The van der Waals surface area contributed by atoms with Crippen LogP contribution in [0.25, 0.3) is 11.1 Å². The minimum Gasteiger partial charge on any atom is -0.488 e. The van der Waals surface area contributed by atoms with Crippen LogP contribution in [0.15, 0.2) is 97.1 Å². The summed E-state index contributed by atoms with van der Waals surface area (Å²) in [4.78, 5) is 13.9. The maximum absolute atomic E-state index is 13.9. The highest BCUT2D eigenvalue weighted by Gasteiger charge is 2.24. The molecule has 0 spiro atoms. The highest BCUT2D eigenvalue weighted by Crippen LogP contribution is 2.35. The first kappa shape index (κ1) is 24.5. The average Bonchev–Trinajstić information content (AvgIpc) is 2.97. The second kappa shape index (κ2) is 11.3. The Morgan fingerprint density at radius 3 is 2.22 bits per heavy atom. The molecular weight excluding hydrogens is 456 g/mol. The Bertz CT molecular complexity index is 1390. The Morgan fingerprint density at radius 2 is 1.49 bits per heavy atom. The average molecular weight is 489 g/mol. The molecule has 1 saturated carbocycles. The molecule has 1 fully saturated rings. The number of hydrogen-bond donors (Lipinski definition) is 2. The van der Waals surface area contributed by atoms with Gasteiger partial charge in [0.05, 0.1) is 5.56 Å². The highest BCUT2D eigenvalue weighted by molar-refractivity contribution is 6.51. The van der Waals surface area contributed by atoms with E-state index in [9.17, 15) is 4.79 Å². The van der Waals surface area contributed by atoms with Crippen molar-refractivity contribution in [1.82, 2.24) is 0 Å². The van der Waals surface area contributed by atoms with E-state index in [-0.39, 0.29) is 11.5 Å². The lowest BCUT2D eigenvalue weighted by molar-refractivity contribution is 0.106. The molecule has 4 aromatic rings. The molecule has 0 unspecified atom stereocenters. The summed E-state index contributed by atoms with van der Waals surface area (Å²) in [7, 11) is 0. The fourth-order valence-corrected chi connectivity index (χ4v) is 5.12. The third-order valence-electron chi connectivity index (χ3n) is 7.22. The number of nitrogens with one attached hydrogen (secondary N) is 1. The van der Waals surface area contributed by atoms with Gasteiger partial charge in [0.15, 0.2) is 0 Å². The summed E-state index contributed by atoms with van der Waals surface area (Å²) in [6.45, 7) is 0.350. The Morgan fingerprint density at radius 1 is 0.784 bits per heavy atom. The number of Topliss-reactive ketones (excluding diaryl/α,β-unsaturated/α-hetero) is 1. The SMILES string of the molecule is N=C(C(=O)c1cc(C2CCCCC2)ccc1OCc1ccccc1)c1cc(-c2ccccc2)ccc1N. The predicted molar refractivity (Wildman–Crippen MR) is 150 cm³/mol. The topological polar surface area (TPSA) is 76.2 Å². The van der Waals surface area contributed by atoms with Crippen LogP contribution in [-0.2, 0) is 6.61 Å². The Hall–Kier alpha value is -4.18. The minimum absolute atomic E-state index is 0.124. The molecule has 4 nitrogen and oxygen atoms in total. The van der Waals surface area contributed by atoms with Crippen molar-refractivity contribution in [2.45, 2.75) is 44.6 Å². The van der Waals surface area contributed by atoms with Crippen LogP contribution in [0.5, 0.6) is 5.75 Å². The van der Waals surface area contributed by atoms with E-state index in [4.69, 9.17) is 15.9 Å². The van der Waals surface area contributed by atoms with Crippen molar-refractivity contribution in [2.75, 3.05) is 5.73 Å². The van der Waals surface area contributed by atoms with Crippen LogP contribution in [0, 0.1) is 5.41 Å². The normalized spacial score (nSPS) is 13.7. The molecule has 0 amide bonds. The zero-order chi connectivity index (χ0) is 25.6. The van der Waals surface area contributed by atoms with E-state index in [2.05, 4.69) is 6.07 Å². The molecule has 0 radical (unpaired) electrons. The van der Waals surface area contributed by atoms with Gasteiger partial charge < -0.3 is 10.5 Å². The van der Waals surface area contributed by atoms with Crippen LogP contribution in [0.3, 0.4) is 0 Å². The van der Waals surface area contributed by atoms with Gasteiger partial charge in [-0.1, -0.05) is 92.1 Å². The van der Waals surface area contributed by atoms with Gasteiger partial charge in [-0.2, -0.15) is 0 Å². The molecule has 0 heterocycles. The highest BCUT2D eigenvalue weighted by atomic mass is 16.5. The number of ketones is 1. The van der Waals surface area contributed by atoms with E-state index in [1.165, 1.54) is 19.3 Å². The number of rotatable bonds is 8. The van der Waals surface area contributed by atoms with Gasteiger partial charge >= 0.3 is 0 Å². The molecule has 4 heteroatoms. The summed E-state index contributed by atoms with van der Waals surface area (Å²) < 4.78 is 6.15. The van der Waals surface area contributed by atoms with Crippen LogP contribution in [0.2, 0.25) is 0 Å². The number of nitrogen functional groups attached to an aromatic ring is 1. The van der Waals surface area contributed by atoms with Crippen molar-refractivity contribution in [3.63, 3.8) is 0 Å². The number of ether oxygens (including phenoxy) is 1. The summed E-state index contributed by atoms with van der Waals surface area (Å²) in [5, 5.41) is 8.90. The van der Waals surface area contributed by atoms with Crippen LogP contribution >= 0.6 is 0 Å². The van der Waals surface area contributed by atoms with E-state index >= 15 is 0 Å². The summed E-state index contributed by atoms with van der Waals surface area (Å²) in [5.74, 6) is 0.553. The molecule has 0 bridgehead atoms. The largest absolute Gasteiger partial charge is 0.488 e. The van der Waals surface area contributed by atoms with Gasteiger partial charge in [-0.25, -0.2) is 0 Å². The second-order valence-electron chi connectivity index (χ2n) is 9.74. The van der Waals surface area contributed by atoms with E-state index in [0.29, 0.717) is 35.1 Å². The molecule has 0 aromatic heterocycles. The Balaban J connectivity index is 1.48. The van der Waals surface area contributed by atoms with Crippen LogP contribution in [-0.4, -0.2) is 11.5 Å². The monoisotopic (exact) mass is 488 g/mol. The predicted octanol–water partition coefficient (Wildman–Crippen LogP) is 7.81. The van der Waals surface area contributed by atoms with Gasteiger partial charge in [0.2, 0.25) is 5.78 Å². The first-order valence-corrected chi connectivity index (χ1v) is 13.0. The molecule has 0 atom stereocenters. The fraction of sp³-hybridized carbons (Fsp3) is 0.212. The summed E-state index contributed by atoms with van der Waals surface area (Å²) >= 11 is 0. The number of nitrogens with two attached hydrogens (primary N) is 1. The number of benzene rings is 4. The lowest BCUT2D eigenvalue weighted by Gasteiger charge is -2.23. The smallest absolute Gasteiger partial charge is 0.215 e. The summed E-state index contributed by atoms with van der Waals surface area (Å²) in [6.07, 6.45) is 5.93. The van der Waals surface area contributed by atoms with Gasteiger partial charge in [0, 0.05) is 11.3 Å². The molecule has 3 N–H and O–H groups in total. The van der Waals surface area contributed by atoms with Crippen LogP contribution in [0.4, 0.5) is 5.69 Å². The third-order valence-corrected chi connectivity index (χ3v) is 7.22. The first-order valence-electron chi connectivity index (χ1n) is 13.0. The first-order chi connectivity index (χ1) is 18.1. The lowest BCUT2D eigenvalue weighted by Crippen LogP contribution is -2.18. The van der Waals surface area contributed by atoms with Gasteiger partial charge in [-0.3, -0.25) is 10.2 Å². The van der Waals surface area contributed by atoms with E-state index in [1.54, 1.807) is 6.07 Å². The van der Waals surface area contributed by atoms with E-state index < -0.39 is 0 Å². The molecule has 37 heavy (non-hydrogen) atoms. The lowest BCUT2D eigenvalue weighted by atomic mass is 9.83. The molecule has 0 saturated heterocycles. The maximum Gasteiger partial charge on any atom is 0.215 e. The summed E-state index contributed by atoms with van der Waals surface area (Å²) in [6, 6.07) is 31.3. The second-order valence-corrected chi connectivity index (χ2v) is 9.74. The maximum atomic E-state index is 13.9. The van der Waals surface area contributed by atoms with Gasteiger partial charge in [0.25, 0.3) is 0 Å². The summed E-state index contributed by atoms with van der Waals surface area (Å²) in [5.41, 5.74) is 11.5. The van der Waals surface area contributed by atoms with E-state index in [1.807, 2.05) is 84.9 Å². The fourth-order valence-electron chi connectivity index (χ4n) is 5.12. The minimum atomic E-state index is -0.377. The number of hydrogen-bond acceptors (Lipinski definition) is 4. The molecule has 4 aromatic carbocycles. The molecule has 186 valence electrons. The van der Waals surface area contributed by atoms with Crippen LogP contribution in [0.1, 0.15) is 65.1 Å². The number of carbonyl (C=O) groups is 1. The molecule has 5 rings (SSSR count). The van der Waals surface area contributed by atoms with E-state index in [0.717, 1.165) is 35.1 Å². The molecule has 1 aliphatic carbocycles. The molecule has 0 aliphatic heterocycles. The Labute approximate surface area is 218 Å².